The number of alkyl halides is 6. The van der Waals surface area contributed by atoms with Crippen molar-refractivity contribution >= 4 is 44.2 Å². The molecule has 5 aromatic rings. The van der Waals surface area contributed by atoms with Crippen LogP contribution in [0.1, 0.15) is 29.8 Å². The predicted octanol–water partition coefficient (Wildman–Crippen LogP) is 5.39. The van der Waals surface area contributed by atoms with Gasteiger partial charge in [-0.05, 0) is 60.7 Å². The minimum absolute atomic E-state index is 0.0419. The summed E-state index contributed by atoms with van der Waals surface area (Å²) in [5.74, 6) is -2.72. The Morgan fingerprint density at radius 3 is 2.44 bits per heavy atom. The molecule has 0 unspecified atom stereocenters. The number of aromatic nitrogens is 4. The number of aryl methyl sites for hydroxylation is 4. The first kappa shape index (κ1) is 42.9. The normalized spacial score (nSPS) is 13.3. The summed E-state index contributed by atoms with van der Waals surface area (Å²) in [6, 6.07) is 21.2. The third-order valence-corrected chi connectivity index (χ3v) is 10.4. The summed E-state index contributed by atoms with van der Waals surface area (Å²) >= 11 is 1.63. The lowest BCUT2D eigenvalue weighted by Crippen LogP contribution is -2.34. The molecule has 57 heavy (non-hydrogen) atoms. The largest absolute Gasteiger partial charge is 0.534 e. The molecule has 3 heterocycles. The minimum atomic E-state index is -6.55. The lowest BCUT2D eigenvalue weighted by molar-refractivity contribution is -0.661. The molecule has 21 heteroatoms. The van der Waals surface area contributed by atoms with Crippen LogP contribution in [0.3, 0.4) is 0 Å². The number of hydrogen-bond donors (Lipinski definition) is 2. The number of nitrogens with zero attached hydrogens (tertiary/aromatic N) is 5. The molecule has 1 aliphatic heterocycles. The van der Waals surface area contributed by atoms with Crippen molar-refractivity contribution in [3.8, 4) is 22.0 Å². The number of halogens is 6. The molecule has 0 spiro atoms. The maximum absolute atomic E-state index is 12.0. The number of benzene rings is 3. The van der Waals surface area contributed by atoms with Gasteiger partial charge >= 0.3 is 33.8 Å². The van der Waals surface area contributed by atoms with Gasteiger partial charge in [0.1, 0.15) is 24.4 Å². The van der Waals surface area contributed by atoms with Crippen molar-refractivity contribution in [3.05, 3.63) is 89.2 Å². The number of nitrogens with two attached hydrogens (primary N) is 1. The van der Waals surface area contributed by atoms with Crippen LogP contribution in [0.2, 0.25) is 0 Å². The van der Waals surface area contributed by atoms with E-state index in [9.17, 15) is 44.3 Å². The molecule has 6 rings (SSSR count). The monoisotopic (exact) mass is 842 g/mol. The highest BCUT2D eigenvalue weighted by Gasteiger charge is 2.54. The molecule has 306 valence electrons. The van der Waals surface area contributed by atoms with E-state index in [1.54, 1.807) is 16.2 Å². The van der Waals surface area contributed by atoms with E-state index in [1.807, 2.05) is 22.5 Å². The number of fused-ring (bicyclic) bond motifs is 1. The highest BCUT2D eigenvalue weighted by Crippen LogP contribution is 2.34. The molecule has 1 fully saturated rings. The van der Waals surface area contributed by atoms with Crippen molar-refractivity contribution in [3.63, 3.8) is 0 Å². The lowest BCUT2D eigenvalue weighted by atomic mass is 10.0. The molecule has 0 aliphatic carbocycles. The van der Waals surface area contributed by atoms with E-state index in [4.69, 9.17) is 20.7 Å². The number of nitrogens with one attached hydrogen (secondary N) is 1. The fourth-order valence-corrected chi connectivity index (χ4v) is 6.87. The zero-order valence-electron chi connectivity index (χ0n) is 30.3. The SMILES string of the molecule is Cn1n[n+](-c2ccc(-c3nc(CCc4ccc5ccccc5c4)cs3)c(OCCN3CCNC3=O)c2)cc1CCCCN.O=C(OS(=O)(=O)C(F)(F)F)C(F)(F)F. The van der Waals surface area contributed by atoms with Gasteiger partial charge in [-0.1, -0.05) is 42.5 Å². The molecular weight excluding hydrogens is 805 g/mol. The van der Waals surface area contributed by atoms with E-state index < -0.39 is 27.8 Å². The van der Waals surface area contributed by atoms with Crippen LogP contribution in [0.25, 0.3) is 27.0 Å². The van der Waals surface area contributed by atoms with Crippen LogP contribution < -0.4 is 20.5 Å². The number of carbonyl (C=O) groups excluding carboxylic acids is 2. The van der Waals surface area contributed by atoms with Crippen LogP contribution in [0, 0.1) is 0 Å². The predicted molar refractivity (Wildman–Crippen MR) is 197 cm³/mol. The van der Waals surface area contributed by atoms with Crippen LogP contribution in [-0.2, 0) is 45.4 Å². The number of carbonyl (C=O) groups is 2. The highest BCUT2D eigenvalue weighted by molar-refractivity contribution is 7.88. The van der Waals surface area contributed by atoms with Crippen molar-refractivity contribution in [1.82, 2.24) is 25.1 Å². The summed E-state index contributed by atoms with van der Waals surface area (Å²) in [4.78, 5) is 28.5. The Bertz CT molecular complexity index is 2300. The van der Waals surface area contributed by atoms with Crippen molar-refractivity contribution in [2.24, 2.45) is 12.8 Å². The molecule has 1 saturated heterocycles. The number of ether oxygens (including phenoxy) is 1. The standard InChI is InChI=1S/C33H37N7O2S.C3F6O4S/c1-38-29(8-4-5-15-34)22-40(37-38)28-13-14-30(31(21-28)42-19-18-39-17-16-35-33(39)41)32-36-27(23-43-32)12-10-24-9-11-25-6-2-3-7-26(25)20-24;4-2(5,6)1(10)13-14(11,12)3(7,8)9/h2-3,6-7,9,11,13-14,20-23H,4-5,8,10,12,15-19,34H2,1H3;/p+1. The molecule has 0 atom stereocenters. The summed E-state index contributed by atoms with van der Waals surface area (Å²) in [6.45, 7) is 2.97. The number of rotatable bonds is 14. The molecule has 0 saturated carbocycles. The van der Waals surface area contributed by atoms with Gasteiger partial charge in [-0.25, -0.2) is 14.6 Å². The maximum atomic E-state index is 12.0. The second-order valence-corrected chi connectivity index (χ2v) is 15.1. The van der Waals surface area contributed by atoms with E-state index in [0.29, 0.717) is 32.8 Å². The van der Waals surface area contributed by atoms with Crippen molar-refractivity contribution in [2.75, 3.05) is 32.8 Å². The molecule has 0 bridgehead atoms. The molecule has 2 amide bonds. The van der Waals surface area contributed by atoms with E-state index >= 15 is 0 Å². The molecule has 3 aromatic carbocycles. The van der Waals surface area contributed by atoms with Crippen molar-refractivity contribution in [2.45, 2.75) is 43.8 Å². The van der Waals surface area contributed by atoms with Gasteiger partial charge in [0.2, 0.25) is 0 Å². The van der Waals surface area contributed by atoms with E-state index in [-0.39, 0.29) is 6.03 Å². The van der Waals surface area contributed by atoms with Gasteiger partial charge in [0.25, 0.3) is 0 Å². The van der Waals surface area contributed by atoms with Gasteiger partial charge in [0.05, 0.1) is 23.0 Å². The Balaban J connectivity index is 0.000000379. The smallest absolute Gasteiger partial charge is 0.491 e. The van der Waals surface area contributed by atoms with Gasteiger partial charge in [-0.2, -0.15) is 34.8 Å². The zero-order valence-corrected chi connectivity index (χ0v) is 32.0. The third-order valence-electron chi connectivity index (χ3n) is 8.56. The first-order chi connectivity index (χ1) is 26.9. The second-order valence-electron chi connectivity index (χ2n) is 12.7. The summed E-state index contributed by atoms with van der Waals surface area (Å²) < 4.78 is 99.9. The molecule has 3 N–H and O–H groups in total. The summed E-state index contributed by atoms with van der Waals surface area (Å²) in [7, 11) is -4.58. The number of amides is 2. The summed E-state index contributed by atoms with van der Waals surface area (Å²) in [5.41, 5.74) is 4.98. The van der Waals surface area contributed by atoms with Crippen LogP contribution in [0.5, 0.6) is 5.75 Å². The molecule has 13 nitrogen and oxygen atoms in total. The number of unbranched alkanes of at least 4 members (excludes halogenated alkanes) is 1. The minimum Gasteiger partial charge on any atom is -0.491 e. The number of thiazole rings is 1. The Kier molecular flexibility index (Phi) is 13.8. The van der Waals surface area contributed by atoms with Crippen molar-refractivity contribution in [1.29, 1.82) is 0 Å². The maximum Gasteiger partial charge on any atom is 0.534 e. The Labute approximate surface area is 327 Å². The van der Waals surface area contributed by atoms with E-state index in [1.165, 1.54) is 16.3 Å². The number of urea groups is 1. The van der Waals surface area contributed by atoms with E-state index in [0.717, 1.165) is 65.5 Å². The quantitative estimate of drug-likeness (QED) is 0.0491. The fourth-order valence-electron chi connectivity index (χ4n) is 5.60. The van der Waals surface area contributed by atoms with Crippen LogP contribution in [0.4, 0.5) is 31.1 Å². The summed E-state index contributed by atoms with van der Waals surface area (Å²) in [5, 5.41) is 13.1. The molecule has 2 aromatic heterocycles. The Morgan fingerprint density at radius 2 is 1.75 bits per heavy atom. The lowest BCUT2D eigenvalue weighted by Gasteiger charge is -2.16. The number of hydrogen-bond acceptors (Lipinski definition) is 10. The topological polar surface area (TPSA) is 163 Å². The van der Waals surface area contributed by atoms with Crippen LogP contribution in [-0.4, -0.2) is 84.7 Å². The molecule has 0 radical (unpaired) electrons. The third kappa shape index (κ3) is 11.4. The van der Waals surface area contributed by atoms with Gasteiger partial charge < -0.3 is 24.9 Å². The zero-order chi connectivity index (χ0) is 41.4. The average Bonchev–Trinajstić information content (AvgIpc) is 3.90. The van der Waals surface area contributed by atoms with Crippen molar-refractivity contribution < 1.29 is 58.0 Å². The van der Waals surface area contributed by atoms with Gasteiger partial charge in [0.15, 0.2) is 17.6 Å². The molecular formula is C36H38F6N7O6S2+. The van der Waals surface area contributed by atoms with Gasteiger partial charge in [0, 0.05) is 31.0 Å². The van der Waals surface area contributed by atoms with Crippen LogP contribution in [0.15, 0.2) is 72.2 Å². The van der Waals surface area contributed by atoms with Gasteiger partial charge in [-0.15, -0.1) is 20.7 Å². The first-order valence-electron chi connectivity index (χ1n) is 17.4. The van der Waals surface area contributed by atoms with Gasteiger partial charge in [-0.3, -0.25) is 0 Å². The highest BCUT2D eigenvalue weighted by atomic mass is 32.2. The average molecular weight is 843 g/mol. The van der Waals surface area contributed by atoms with E-state index in [2.05, 4.69) is 75.7 Å². The fraction of sp³-hybridized carbons (Fsp3) is 0.361. The Morgan fingerprint density at radius 1 is 1.00 bits per heavy atom. The first-order valence-corrected chi connectivity index (χ1v) is 19.7. The molecule has 1 aliphatic rings. The summed E-state index contributed by atoms with van der Waals surface area (Å²) in [6.07, 6.45) is 0.998. The van der Waals surface area contributed by atoms with Crippen LogP contribution >= 0.6 is 11.3 Å². The Hall–Kier alpha value is -5.28. The second kappa shape index (κ2) is 18.3.